The molecule has 1 N–H and O–H groups in total. The van der Waals surface area contributed by atoms with Gasteiger partial charge in [0, 0.05) is 18.2 Å². The van der Waals surface area contributed by atoms with Crippen LogP contribution in [-0.2, 0) is 6.42 Å². The number of nitrogens with zero attached hydrogens (tertiary/aromatic N) is 2. The second kappa shape index (κ2) is 5.44. The largest absolute Gasteiger partial charge is 0.388 e. The van der Waals surface area contributed by atoms with Crippen molar-refractivity contribution in [3.63, 3.8) is 0 Å². The van der Waals surface area contributed by atoms with E-state index in [2.05, 4.69) is 5.10 Å². The molecule has 0 aliphatic rings. The van der Waals surface area contributed by atoms with Gasteiger partial charge in [0.05, 0.1) is 27.9 Å². The third kappa shape index (κ3) is 2.40. The second-order valence-corrected chi connectivity index (χ2v) is 5.35. The third-order valence-electron chi connectivity index (χ3n) is 3.26. The molecule has 0 radical (unpaired) electrons. The summed E-state index contributed by atoms with van der Waals surface area (Å²) >= 11 is 12.1. The molecule has 5 heteroatoms. The van der Waals surface area contributed by atoms with Crippen LogP contribution in [0.1, 0.15) is 17.2 Å². The number of halogens is 2. The first-order valence-electron chi connectivity index (χ1n) is 6.20. The molecule has 0 aliphatic carbocycles. The van der Waals surface area contributed by atoms with Gasteiger partial charge in [-0.05, 0) is 23.8 Å². The molecule has 0 bridgehead atoms. The Balaban J connectivity index is 1.93. The Morgan fingerprint density at radius 2 is 2.00 bits per heavy atom. The monoisotopic (exact) mass is 306 g/mol. The van der Waals surface area contributed by atoms with E-state index in [1.807, 2.05) is 36.5 Å². The predicted molar refractivity (Wildman–Crippen MR) is 80.3 cm³/mol. The number of hydrogen-bond acceptors (Lipinski definition) is 2. The minimum atomic E-state index is -0.675. The van der Waals surface area contributed by atoms with Gasteiger partial charge in [0.1, 0.15) is 0 Å². The molecule has 20 heavy (non-hydrogen) atoms. The normalized spacial score (nSPS) is 12.8. The van der Waals surface area contributed by atoms with Gasteiger partial charge in [0.15, 0.2) is 0 Å². The summed E-state index contributed by atoms with van der Waals surface area (Å²) in [6.07, 6.45) is 3.25. The number of aliphatic hydroxyl groups is 1. The third-order valence-corrected chi connectivity index (χ3v) is 4.12. The van der Waals surface area contributed by atoms with E-state index in [9.17, 15) is 5.11 Å². The average molecular weight is 307 g/mol. The summed E-state index contributed by atoms with van der Waals surface area (Å²) in [4.78, 5) is 0. The van der Waals surface area contributed by atoms with E-state index >= 15 is 0 Å². The van der Waals surface area contributed by atoms with Gasteiger partial charge in [-0.1, -0.05) is 41.4 Å². The molecule has 3 aromatic rings. The summed E-state index contributed by atoms with van der Waals surface area (Å²) in [6, 6.07) is 11.2. The summed E-state index contributed by atoms with van der Waals surface area (Å²) in [6.45, 7) is 0. The van der Waals surface area contributed by atoms with Gasteiger partial charge in [-0.3, -0.25) is 0 Å². The smallest absolute Gasteiger partial charge is 0.0867 e. The number of pyridine rings is 1. The molecule has 3 rings (SSSR count). The van der Waals surface area contributed by atoms with Crippen LogP contribution in [0.15, 0.2) is 48.8 Å². The van der Waals surface area contributed by atoms with Gasteiger partial charge in [0.2, 0.25) is 0 Å². The lowest BCUT2D eigenvalue weighted by Gasteiger charge is -2.11. The molecule has 1 unspecified atom stereocenters. The number of benzene rings is 1. The summed E-state index contributed by atoms with van der Waals surface area (Å²) < 4.78 is 1.73. The molecule has 0 fully saturated rings. The van der Waals surface area contributed by atoms with Gasteiger partial charge in [-0.15, -0.1) is 0 Å². The Hall–Kier alpha value is -1.55. The standard InChI is InChI=1S/C15H12Cl2N2O/c16-12-5-3-4-10(15(12)17)8-14(20)11-9-18-19-7-2-1-6-13(11)19/h1-7,9,14,20H,8H2. The van der Waals surface area contributed by atoms with Crippen molar-refractivity contribution >= 4 is 28.7 Å². The van der Waals surface area contributed by atoms with E-state index in [0.29, 0.717) is 16.5 Å². The second-order valence-electron chi connectivity index (χ2n) is 4.56. The van der Waals surface area contributed by atoms with Crippen LogP contribution in [0.5, 0.6) is 0 Å². The van der Waals surface area contributed by atoms with E-state index in [4.69, 9.17) is 23.2 Å². The topological polar surface area (TPSA) is 37.5 Å². The molecular formula is C15H12Cl2N2O. The van der Waals surface area contributed by atoms with Crippen LogP contribution < -0.4 is 0 Å². The summed E-state index contributed by atoms with van der Waals surface area (Å²) in [5, 5.41) is 15.6. The van der Waals surface area contributed by atoms with Gasteiger partial charge >= 0.3 is 0 Å². The van der Waals surface area contributed by atoms with Crippen molar-refractivity contribution in [2.45, 2.75) is 12.5 Å². The number of rotatable bonds is 3. The summed E-state index contributed by atoms with van der Waals surface area (Å²) in [5.41, 5.74) is 2.49. The highest BCUT2D eigenvalue weighted by molar-refractivity contribution is 6.42. The van der Waals surface area contributed by atoms with Crippen LogP contribution in [0.25, 0.3) is 5.52 Å². The lowest BCUT2D eigenvalue weighted by Crippen LogP contribution is -2.02. The fourth-order valence-corrected chi connectivity index (χ4v) is 2.63. The zero-order chi connectivity index (χ0) is 14.1. The van der Waals surface area contributed by atoms with Crippen molar-refractivity contribution in [1.29, 1.82) is 0 Å². The number of aliphatic hydroxyl groups excluding tert-OH is 1. The Kier molecular flexibility index (Phi) is 3.66. The van der Waals surface area contributed by atoms with Crippen molar-refractivity contribution in [2.24, 2.45) is 0 Å². The predicted octanol–water partition coefficient (Wildman–Crippen LogP) is 3.92. The highest BCUT2D eigenvalue weighted by Crippen LogP contribution is 2.30. The van der Waals surface area contributed by atoms with E-state index in [-0.39, 0.29) is 0 Å². The van der Waals surface area contributed by atoms with E-state index < -0.39 is 6.10 Å². The van der Waals surface area contributed by atoms with Crippen LogP contribution in [0.4, 0.5) is 0 Å². The maximum absolute atomic E-state index is 10.4. The minimum Gasteiger partial charge on any atom is -0.388 e. The Bertz CT molecular complexity index is 754. The van der Waals surface area contributed by atoms with Gasteiger partial charge in [-0.25, -0.2) is 4.52 Å². The van der Waals surface area contributed by atoms with E-state index in [1.54, 1.807) is 16.8 Å². The first kappa shape index (κ1) is 13.4. The van der Waals surface area contributed by atoms with Crippen molar-refractivity contribution in [3.8, 4) is 0 Å². The van der Waals surface area contributed by atoms with Crippen LogP contribution in [0, 0.1) is 0 Å². The maximum atomic E-state index is 10.4. The van der Waals surface area contributed by atoms with Gasteiger partial charge in [0.25, 0.3) is 0 Å². The molecule has 2 aromatic heterocycles. The molecule has 1 aromatic carbocycles. The first-order chi connectivity index (χ1) is 9.66. The molecule has 0 spiro atoms. The Morgan fingerprint density at radius 1 is 1.15 bits per heavy atom. The van der Waals surface area contributed by atoms with Gasteiger partial charge in [-0.2, -0.15) is 5.10 Å². The van der Waals surface area contributed by atoms with Crippen LogP contribution >= 0.6 is 23.2 Å². The highest BCUT2D eigenvalue weighted by atomic mass is 35.5. The summed E-state index contributed by atoms with van der Waals surface area (Å²) in [5.74, 6) is 0. The molecule has 2 heterocycles. The fraction of sp³-hybridized carbons (Fsp3) is 0.133. The molecule has 0 aliphatic heterocycles. The first-order valence-corrected chi connectivity index (χ1v) is 6.95. The molecule has 1 atom stereocenters. The molecule has 0 saturated heterocycles. The molecule has 0 saturated carbocycles. The summed E-state index contributed by atoms with van der Waals surface area (Å²) in [7, 11) is 0. The number of hydrogen-bond donors (Lipinski definition) is 1. The zero-order valence-electron chi connectivity index (χ0n) is 10.5. The van der Waals surface area contributed by atoms with Gasteiger partial charge < -0.3 is 5.11 Å². The zero-order valence-corrected chi connectivity index (χ0v) is 12.0. The van der Waals surface area contributed by atoms with Crippen molar-refractivity contribution in [3.05, 3.63) is 70.0 Å². The van der Waals surface area contributed by atoms with Crippen LogP contribution in [-0.4, -0.2) is 14.7 Å². The lowest BCUT2D eigenvalue weighted by molar-refractivity contribution is 0.180. The van der Waals surface area contributed by atoms with Crippen LogP contribution in [0.3, 0.4) is 0 Å². The highest BCUT2D eigenvalue weighted by Gasteiger charge is 2.16. The number of fused-ring (bicyclic) bond motifs is 1. The maximum Gasteiger partial charge on any atom is 0.0867 e. The Labute approximate surface area is 126 Å². The van der Waals surface area contributed by atoms with Crippen molar-refractivity contribution in [2.75, 3.05) is 0 Å². The van der Waals surface area contributed by atoms with Crippen molar-refractivity contribution in [1.82, 2.24) is 9.61 Å². The fourth-order valence-electron chi connectivity index (χ4n) is 2.24. The number of aromatic nitrogens is 2. The van der Waals surface area contributed by atoms with E-state index in [1.165, 1.54) is 0 Å². The SMILES string of the molecule is OC(Cc1cccc(Cl)c1Cl)c1cnn2ccccc12. The van der Waals surface area contributed by atoms with Crippen LogP contribution in [0.2, 0.25) is 10.0 Å². The quantitative estimate of drug-likeness (QED) is 0.796. The molecule has 0 amide bonds. The average Bonchev–Trinajstić information content (AvgIpc) is 2.88. The molecule has 102 valence electrons. The van der Waals surface area contributed by atoms with Crippen molar-refractivity contribution < 1.29 is 5.11 Å². The minimum absolute atomic E-state index is 0.398. The molecule has 3 nitrogen and oxygen atoms in total. The van der Waals surface area contributed by atoms with E-state index in [0.717, 1.165) is 16.6 Å². The Morgan fingerprint density at radius 3 is 2.85 bits per heavy atom. The molecular weight excluding hydrogens is 295 g/mol. The lowest BCUT2D eigenvalue weighted by atomic mass is 10.0.